The molecule has 1 aliphatic rings. The van der Waals surface area contributed by atoms with Crippen LogP contribution in [0.1, 0.15) is 17.7 Å². The summed E-state index contributed by atoms with van der Waals surface area (Å²) in [5.74, 6) is 0. The summed E-state index contributed by atoms with van der Waals surface area (Å²) in [6.45, 7) is 1.19. The van der Waals surface area contributed by atoms with Gasteiger partial charge in [0.2, 0.25) is 0 Å². The van der Waals surface area contributed by atoms with Crippen molar-refractivity contribution in [2.45, 2.75) is 25.3 Å². The Hall–Kier alpha value is 0.620. The number of hydrogen-bond acceptors (Lipinski definition) is 2. The van der Waals surface area contributed by atoms with Gasteiger partial charge < -0.3 is 5.32 Å². The molecule has 0 radical (unpaired) electrons. The SMILES string of the molecule is Brc1cc(CC2CCCN2)sc1Br. The van der Waals surface area contributed by atoms with E-state index in [9.17, 15) is 0 Å². The maximum Gasteiger partial charge on any atom is 0.0843 e. The second-order valence-corrected chi connectivity index (χ2v) is 6.64. The third kappa shape index (κ3) is 2.55. The fraction of sp³-hybridized carbons (Fsp3) is 0.556. The first kappa shape index (κ1) is 10.1. The molecule has 1 fully saturated rings. The first-order chi connectivity index (χ1) is 6.25. The summed E-state index contributed by atoms with van der Waals surface area (Å²) in [4.78, 5) is 1.46. The molecular weight excluding hydrogens is 314 g/mol. The van der Waals surface area contributed by atoms with Gasteiger partial charge in [-0.2, -0.15) is 0 Å². The van der Waals surface area contributed by atoms with Crippen LogP contribution >= 0.6 is 43.2 Å². The molecule has 0 amide bonds. The lowest BCUT2D eigenvalue weighted by Gasteiger charge is -2.06. The highest BCUT2D eigenvalue weighted by molar-refractivity contribution is 9.13. The standard InChI is InChI=1S/C9H11Br2NS/c10-8-5-7(13-9(8)11)4-6-2-1-3-12-6/h5-6,12H,1-4H2. The number of rotatable bonds is 2. The molecular formula is C9H11Br2NS. The van der Waals surface area contributed by atoms with Crippen LogP contribution in [0.15, 0.2) is 14.3 Å². The van der Waals surface area contributed by atoms with Crippen molar-refractivity contribution in [1.82, 2.24) is 5.32 Å². The van der Waals surface area contributed by atoms with Crippen LogP contribution in [0.25, 0.3) is 0 Å². The molecule has 4 heteroatoms. The van der Waals surface area contributed by atoms with Crippen LogP contribution in [0.2, 0.25) is 0 Å². The number of thiophene rings is 1. The van der Waals surface area contributed by atoms with E-state index < -0.39 is 0 Å². The molecule has 1 atom stereocenters. The van der Waals surface area contributed by atoms with Gasteiger partial charge in [-0.1, -0.05) is 0 Å². The zero-order valence-corrected chi connectivity index (χ0v) is 11.1. The van der Waals surface area contributed by atoms with Crippen molar-refractivity contribution < 1.29 is 0 Å². The summed E-state index contributed by atoms with van der Waals surface area (Å²) < 4.78 is 2.39. The lowest BCUT2D eigenvalue weighted by molar-refractivity contribution is 0.608. The molecule has 0 bridgehead atoms. The second-order valence-electron chi connectivity index (χ2n) is 3.33. The molecule has 13 heavy (non-hydrogen) atoms. The van der Waals surface area contributed by atoms with E-state index in [2.05, 4.69) is 43.2 Å². The average Bonchev–Trinajstić information content (AvgIpc) is 2.64. The van der Waals surface area contributed by atoms with Crippen LogP contribution in [0.5, 0.6) is 0 Å². The van der Waals surface area contributed by atoms with Crippen molar-refractivity contribution in [2.24, 2.45) is 0 Å². The molecule has 1 N–H and O–H groups in total. The van der Waals surface area contributed by atoms with Gasteiger partial charge in [0.25, 0.3) is 0 Å². The lowest BCUT2D eigenvalue weighted by atomic mass is 10.1. The number of halogens is 2. The minimum absolute atomic E-state index is 0.706. The minimum atomic E-state index is 0.706. The molecule has 0 aromatic carbocycles. The van der Waals surface area contributed by atoms with Crippen LogP contribution in [0, 0.1) is 0 Å². The Morgan fingerprint density at radius 2 is 2.38 bits per heavy atom. The normalized spacial score (nSPS) is 22.5. The van der Waals surface area contributed by atoms with Gasteiger partial charge >= 0.3 is 0 Å². The molecule has 2 rings (SSSR count). The number of nitrogens with one attached hydrogen (secondary N) is 1. The van der Waals surface area contributed by atoms with Crippen molar-refractivity contribution in [3.8, 4) is 0 Å². The van der Waals surface area contributed by atoms with E-state index in [4.69, 9.17) is 0 Å². The Labute approximate surface area is 99.2 Å². The summed E-state index contributed by atoms with van der Waals surface area (Å²) in [5, 5.41) is 3.51. The van der Waals surface area contributed by atoms with Gasteiger partial charge in [0.05, 0.1) is 3.79 Å². The van der Waals surface area contributed by atoms with E-state index in [1.54, 1.807) is 0 Å². The predicted octanol–water partition coefficient (Wildman–Crippen LogP) is 3.57. The monoisotopic (exact) mass is 323 g/mol. The molecule has 1 nitrogen and oxygen atoms in total. The average molecular weight is 325 g/mol. The summed E-state index contributed by atoms with van der Waals surface area (Å²) in [6, 6.07) is 2.92. The second kappa shape index (κ2) is 4.43. The molecule has 1 aromatic heterocycles. The summed E-state index contributed by atoms with van der Waals surface area (Å²) in [5.41, 5.74) is 0. The van der Waals surface area contributed by atoms with E-state index in [1.807, 2.05) is 11.3 Å². The Morgan fingerprint density at radius 3 is 2.92 bits per heavy atom. The highest BCUT2D eigenvalue weighted by Gasteiger charge is 2.15. The van der Waals surface area contributed by atoms with E-state index in [-0.39, 0.29) is 0 Å². The molecule has 1 saturated heterocycles. The van der Waals surface area contributed by atoms with Crippen LogP contribution in [-0.2, 0) is 6.42 Å². The van der Waals surface area contributed by atoms with Crippen LogP contribution in [0.3, 0.4) is 0 Å². The Kier molecular flexibility index (Phi) is 3.46. The molecule has 0 aliphatic carbocycles. The molecule has 2 heterocycles. The van der Waals surface area contributed by atoms with Crippen LogP contribution in [0.4, 0.5) is 0 Å². The van der Waals surface area contributed by atoms with E-state index in [0.717, 1.165) is 0 Å². The topological polar surface area (TPSA) is 12.0 Å². The van der Waals surface area contributed by atoms with Crippen molar-refractivity contribution in [1.29, 1.82) is 0 Å². The molecule has 72 valence electrons. The highest BCUT2D eigenvalue weighted by atomic mass is 79.9. The minimum Gasteiger partial charge on any atom is -0.314 e. The van der Waals surface area contributed by atoms with Crippen molar-refractivity contribution in [2.75, 3.05) is 6.54 Å². The molecule has 1 aromatic rings. The van der Waals surface area contributed by atoms with Gasteiger partial charge in [-0.15, -0.1) is 11.3 Å². The zero-order valence-electron chi connectivity index (χ0n) is 7.15. The highest BCUT2D eigenvalue weighted by Crippen LogP contribution is 2.33. The largest absolute Gasteiger partial charge is 0.314 e. The Bertz CT molecular complexity index is 272. The van der Waals surface area contributed by atoms with Crippen LogP contribution in [-0.4, -0.2) is 12.6 Å². The zero-order chi connectivity index (χ0) is 9.26. The molecule has 0 saturated carbocycles. The van der Waals surface area contributed by atoms with Gasteiger partial charge in [0, 0.05) is 15.4 Å². The van der Waals surface area contributed by atoms with E-state index in [1.165, 1.54) is 38.9 Å². The smallest absolute Gasteiger partial charge is 0.0843 e. The maximum absolute atomic E-state index is 3.52. The lowest BCUT2D eigenvalue weighted by Crippen LogP contribution is -2.23. The fourth-order valence-corrected chi connectivity index (χ4v) is 3.92. The van der Waals surface area contributed by atoms with E-state index >= 15 is 0 Å². The van der Waals surface area contributed by atoms with Gasteiger partial charge in [-0.05, 0) is 63.7 Å². The maximum atomic E-state index is 3.52. The van der Waals surface area contributed by atoms with Crippen molar-refractivity contribution in [3.63, 3.8) is 0 Å². The number of hydrogen-bond donors (Lipinski definition) is 1. The van der Waals surface area contributed by atoms with Gasteiger partial charge in [-0.3, -0.25) is 0 Å². The third-order valence-corrected chi connectivity index (χ3v) is 5.58. The van der Waals surface area contributed by atoms with Crippen molar-refractivity contribution in [3.05, 3.63) is 19.2 Å². The predicted molar refractivity (Wildman–Crippen MR) is 64.4 cm³/mol. The van der Waals surface area contributed by atoms with Crippen molar-refractivity contribution >= 4 is 43.2 Å². The van der Waals surface area contributed by atoms with Crippen LogP contribution < -0.4 is 5.32 Å². The quantitative estimate of drug-likeness (QED) is 0.877. The molecule has 1 aliphatic heterocycles. The fourth-order valence-electron chi connectivity index (χ4n) is 1.67. The first-order valence-electron chi connectivity index (χ1n) is 4.43. The Morgan fingerprint density at radius 1 is 1.54 bits per heavy atom. The molecule has 0 spiro atoms. The Balaban J connectivity index is 2.00. The van der Waals surface area contributed by atoms with E-state index in [0.29, 0.717) is 6.04 Å². The first-order valence-corrected chi connectivity index (χ1v) is 6.83. The molecule has 1 unspecified atom stereocenters. The summed E-state index contributed by atoms with van der Waals surface area (Å²) in [7, 11) is 0. The van der Waals surface area contributed by atoms with Gasteiger partial charge in [0.15, 0.2) is 0 Å². The van der Waals surface area contributed by atoms with Gasteiger partial charge in [-0.25, -0.2) is 0 Å². The summed E-state index contributed by atoms with van der Waals surface area (Å²) in [6.07, 6.45) is 3.83. The summed E-state index contributed by atoms with van der Waals surface area (Å²) >= 11 is 8.86. The van der Waals surface area contributed by atoms with Gasteiger partial charge in [0.1, 0.15) is 0 Å². The third-order valence-electron chi connectivity index (χ3n) is 2.31.